The second-order valence-corrected chi connectivity index (χ2v) is 5.44. The van der Waals surface area contributed by atoms with Gasteiger partial charge < -0.3 is 20.2 Å². The SMILES string of the molecule is CCNC(=NCC(O)(CC)CC)NC(C)c1ccc(C)o1. The van der Waals surface area contributed by atoms with Crippen LogP contribution < -0.4 is 10.6 Å². The number of furan rings is 1. The van der Waals surface area contributed by atoms with E-state index in [2.05, 4.69) is 15.6 Å². The van der Waals surface area contributed by atoms with Gasteiger partial charge >= 0.3 is 0 Å². The molecule has 0 aliphatic carbocycles. The summed E-state index contributed by atoms with van der Waals surface area (Å²) in [4.78, 5) is 4.50. The average molecular weight is 295 g/mol. The van der Waals surface area contributed by atoms with Crippen molar-refractivity contribution >= 4 is 5.96 Å². The first-order valence-electron chi connectivity index (χ1n) is 7.77. The van der Waals surface area contributed by atoms with E-state index >= 15 is 0 Å². The Morgan fingerprint density at radius 3 is 2.48 bits per heavy atom. The Hall–Kier alpha value is -1.49. The van der Waals surface area contributed by atoms with E-state index in [0.29, 0.717) is 25.3 Å². The molecule has 0 radical (unpaired) electrons. The number of nitrogens with one attached hydrogen (secondary N) is 2. The van der Waals surface area contributed by atoms with E-state index in [9.17, 15) is 5.11 Å². The minimum atomic E-state index is -0.729. The summed E-state index contributed by atoms with van der Waals surface area (Å²) in [5.41, 5.74) is -0.729. The largest absolute Gasteiger partial charge is 0.464 e. The van der Waals surface area contributed by atoms with Crippen molar-refractivity contribution in [3.8, 4) is 0 Å². The molecule has 1 atom stereocenters. The number of aryl methyl sites for hydroxylation is 1. The Morgan fingerprint density at radius 2 is 2.00 bits per heavy atom. The molecule has 1 unspecified atom stereocenters. The zero-order chi connectivity index (χ0) is 15.9. The minimum Gasteiger partial charge on any atom is -0.464 e. The Kier molecular flexibility index (Phi) is 6.75. The maximum atomic E-state index is 10.3. The first-order chi connectivity index (χ1) is 9.94. The Bertz CT molecular complexity index is 450. The summed E-state index contributed by atoms with van der Waals surface area (Å²) in [5, 5.41) is 16.8. The van der Waals surface area contributed by atoms with Gasteiger partial charge in [-0.25, -0.2) is 0 Å². The van der Waals surface area contributed by atoms with Gasteiger partial charge in [-0.05, 0) is 45.7 Å². The molecule has 0 aliphatic rings. The average Bonchev–Trinajstić information content (AvgIpc) is 2.91. The Labute approximate surface area is 127 Å². The van der Waals surface area contributed by atoms with Gasteiger partial charge in [-0.2, -0.15) is 0 Å². The maximum Gasteiger partial charge on any atom is 0.191 e. The summed E-state index contributed by atoms with van der Waals surface area (Å²) in [6.07, 6.45) is 1.39. The van der Waals surface area contributed by atoms with Crippen LogP contribution >= 0.6 is 0 Å². The number of guanidine groups is 1. The van der Waals surface area contributed by atoms with Crippen molar-refractivity contribution in [2.24, 2.45) is 4.99 Å². The summed E-state index contributed by atoms with van der Waals surface area (Å²) < 4.78 is 5.62. The predicted molar refractivity (Wildman–Crippen MR) is 86.5 cm³/mol. The number of hydrogen-bond donors (Lipinski definition) is 3. The smallest absolute Gasteiger partial charge is 0.191 e. The molecule has 0 aliphatic heterocycles. The third-order valence-electron chi connectivity index (χ3n) is 3.73. The fraction of sp³-hybridized carbons (Fsp3) is 0.688. The molecule has 0 fully saturated rings. The molecular formula is C16H29N3O2. The molecule has 1 heterocycles. The van der Waals surface area contributed by atoms with Gasteiger partial charge in [0, 0.05) is 6.54 Å². The van der Waals surface area contributed by atoms with Crippen LogP contribution in [-0.2, 0) is 0 Å². The first kappa shape index (κ1) is 17.6. The first-order valence-corrected chi connectivity index (χ1v) is 7.77. The normalized spacial score (nSPS) is 14.1. The number of aliphatic imine (C=N–C) groups is 1. The lowest BCUT2D eigenvalue weighted by atomic mass is 9.98. The molecule has 0 saturated heterocycles. The van der Waals surface area contributed by atoms with Gasteiger partial charge in [0.1, 0.15) is 11.5 Å². The Morgan fingerprint density at radius 1 is 1.33 bits per heavy atom. The zero-order valence-electron chi connectivity index (χ0n) is 13.9. The molecule has 3 N–H and O–H groups in total. The fourth-order valence-corrected chi connectivity index (χ4v) is 1.98. The van der Waals surface area contributed by atoms with Gasteiger partial charge in [0.15, 0.2) is 5.96 Å². The number of hydrogen-bond acceptors (Lipinski definition) is 3. The second-order valence-electron chi connectivity index (χ2n) is 5.44. The van der Waals surface area contributed by atoms with E-state index in [1.165, 1.54) is 0 Å². The minimum absolute atomic E-state index is 0.0212. The van der Waals surface area contributed by atoms with Gasteiger partial charge in [0.2, 0.25) is 0 Å². The van der Waals surface area contributed by atoms with Gasteiger partial charge in [-0.15, -0.1) is 0 Å². The van der Waals surface area contributed by atoms with Crippen molar-refractivity contribution < 1.29 is 9.52 Å². The molecule has 5 nitrogen and oxygen atoms in total. The Balaban J connectivity index is 2.72. The summed E-state index contributed by atoms with van der Waals surface area (Å²) in [5.74, 6) is 2.46. The molecule has 21 heavy (non-hydrogen) atoms. The third-order valence-corrected chi connectivity index (χ3v) is 3.73. The van der Waals surface area contributed by atoms with E-state index in [0.717, 1.165) is 18.1 Å². The zero-order valence-corrected chi connectivity index (χ0v) is 13.9. The topological polar surface area (TPSA) is 69.8 Å². The molecule has 0 bridgehead atoms. The summed E-state index contributed by atoms with van der Waals surface area (Å²) in [6, 6.07) is 3.93. The van der Waals surface area contributed by atoms with Crippen LogP contribution in [0.1, 0.15) is 58.1 Å². The van der Waals surface area contributed by atoms with Crippen molar-refractivity contribution in [3.05, 3.63) is 23.7 Å². The lowest BCUT2D eigenvalue weighted by molar-refractivity contribution is 0.0417. The summed E-state index contributed by atoms with van der Waals surface area (Å²) in [6.45, 7) is 11.1. The van der Waals surface area contributed by atoms with Crippen molar-refractivity contribution in [3.63, 3.8) is 0 Å². The highest BCUT2D eigenvalue weighted by molar-refractivity contribution is 5.80. The van der Waals surface area contributed by atoms with E-state index < -0.39 is 5.60 Å². The number of nitrogens with zero attached hydrogens (tertiary/aromatic N) is 1. The van der Waals surface area contributed by atoms with Gasteiger partial charge in [0.05, 0.1) is 18.2 Å². The molecule has 1 aromatic rings. The van der Waals surface area contributed by atoms with Gasteiger partial charge in [0.25, 0.3) is 0 Å². The van der Waals surface area contributed by atoms with Crippen molar-refractivity contribution in [2.45, 2.75) is 59.1 Å². The summed E-state index contributed by atoms with van der Waals surface area (Å²) >= 11 is 0. The van der Waals surface area contributed by atoms with Crippen LogP contribution in [0.2, 0.25) is 0 Å². The summed E-state index contributed by atoms with van der Waals surface area (Å²) in [7, 11) is 0. The van der Waals surface area contributed by atoms with Crippen LogP contribution in [-0.4, -0.2) is 29.8 Å². The highest BCUT2D eigenvalue weighted by Gasteiger charge is 2.22. The number of aliphatic hydroxyl groups is 1. The van der Waals surface area contributed by atoms with Crippen LogP contribution in [0.15, 0.2) is 21.5 Å². The van der Waals surface area contributed by atoms with E-state index in [1.807, 2.05) is 46.8 Å². The molecule has 120 valence electrons. The van der Waals surface area contributed by atoms with Crippen molar-refractivity contribution in [2.75, 3.05) is 13.1 Å². The quantitative estimate of drug-likeness (QED) is 0.534. The van der Waals surface area contributed by atoms with Crippen LogP contribution in [0, 0.1) is 6.92 Å². The molecule has 1 rings (SSSR count). The highest BCUT2D eigenvalue weighted by Crippen LogP contribution is 2.16. The lowest BCUT2D eigenvalue weighted by Gasteiger charge is -2.24. The van der Waals surface area contributed by atoms with E-state index in [1.54, 1.807) is 0 Å². The molecule has 0 amide bonds. The standard InChI is InChI=1S/C16H29N3O2/c1-6-16(20,7-2)11-18-15(17-8-3)19-13(5)14-10-9-12(4)21-14/h9-10,13,20H,6-8,11H2,1-5H3,(H2,17,18,19). The van der Waals surface area contributed by atoms with Crippen LogP contribution in [0.3, 0.4) is 0 Å². The van der Waals surface area contributed by atoms with Crippen molar-refractivity contribution in [1.29, 1.82) is 0 Å². The second kappa shape index (κ2) is 8.08. The molecule has 0 aromatic carbocycles. The lowest BCUT2D eigenvalue weighted by Crippen LogP contribution is -2.40. The molecule has 5 heteroatoms. The monoisotopic (exact) mass is 295 g/mol. The van der Waals surface area contributed by atoms with Gasteiger partial charge in [-0.3, -0.25) is 4.99 Å². The third kappa shape index (κ3) is 5.42. The highest BCUT2D eigenvalue weighted by atomic mass is 16.3. The molecule has 0 saturated carbocycles. The predicted octanol–water partition coefficient (Wildman–Crippen LogP) is 2.76. The van der Waals surface area contributed by atoms with Crippen LogP contribution in [0.5, 0.6) is 0 Å². The molecule has 1 aromatic heterocycles. The molecular weight excluding hydrogens is 266 g/mol. The van der Waals surface area contributed by atoms with Crippen LogP contribution in [0.25, 0.3) is 0 Å². The van der Waals surface area contributed by atoms with Crippen molar-refractivity contribution in [1.82, 2.24) is 10.6 Å². The number of rotatable bonds is 7. The van der Waals surface area contributed by atoms with E-state index in [4.69, 9.17) is 4.42 Å². The van der Waals surface area contributed by atoms with Gasteiger partial charge in [-0.1, -0.05) is 13.8 Å². The fourth-order valence-electron chi connectivity index (χ4n) is 1.98. The van der Waals surface area contributed by atoms with E-state index in [-0.39, 0.29) is 6.04 Å². The maximum absolute atomic E-state index is 10.3. The molecule has 0 spiro atoms. The van der Waals surface area contributed by atoms with Crippen LogP contribution in [0.4, 0.5) is 0 Å².